The Morgan fingerprint density at radius 1 is 1.12 bits per heavy atom. The summed E-state index contributed by atoms with van der Waals surface area (Å²) in [7, 11) is 0. The molecule has 0 atom stereocenters. The largest absolute Gasteiger partial charge is 0.507 e. The number of benzene rings is 2. The summed E-state index contributed by atoms with van der Waals surface area (Å²) in [4.78, 5) is 38.8. The summed E-state index contributed by atoms with van der Waals surface area (Å²) >= 11 is 4.75. The van der Waals surface area contributed by atoms with Crippen molar-refractivity contribution in [3.8, 4) is 11.5 Å². The molecule has 2 aromatic rings. The van der Waals surface area contributed by atoms with Crippen molar-refractivity contribution in [1.82, 2.24) is 5.43 Å². The van der Waals surface area contributed by atoms with Crippen molar-refractivity contribution < 1.29 is 24.6 Å². The third-order valence-electron chi connectivity index (χ3n) is 5.47. The van der Waals surface area contributed by atoms with Crippen LogP contribution in [0.2, 0.25) is 0 Å². The molecule has 0 spiro atoms. The maximum absolute atomic E-state index is 13.2. The number of phenols is 2. The van der Waals surface area contributed by atoms with Crippen LogP contribution < -0.4 is 10.7 Å². The molecule has 1 aliphatic carbocycles. The fourth-order valence-electron chi connectivity index (χ4n) is 3.93. The predicted molar refractivity (Wildman–Crippen MR) is 125 cm³/mol. The number of carbonyl (C=O) groups excluding carboxylic acids is 3. The zero-order valence-electron chi connectivity index (χ0n) is 18.2. The van der Waals surface area contributed by atoms with E-state index in [-0.39, 0.29) is 40.7 Å². The molecule has 0 radical (unpaired) electrons. The van der Waals surface area contributed by atoms with E-state index in [4.69, 9.17) is 17.7 Å². The number of hydrogen-bond acceptors (Lipinski definition) is 8. The van der Waals surface area contributed by atoms with Crippen molar-refractivity contribution in [3.63, 3.8) is 0 Å². The average molecular weight is 470 g/mol. The van der Waals surface area contributed by atoms with Crippen molar-refractivity contribution in [1.29, 1.82) is 5.53 Å². The second-order valence-corrected chi connectivity index (χ2v) is 8.99. The number of nitrogens with zero attached hydrogens (tertiary/aromatic N) is 2. The van der Waals surface area contributed by atoms with Crippen molar-refractivity contribution in [2.24, 2.45) is 21.5 Å². The van der Waals surface area contributed by atoms with Crippen LogP contribution in [0.4, 0.5) is 5.69 Å². The molecule has 3 rings (SSSR count). The molecule has 0 unspecified atom stereocenters. The number of hydrazone groups is 1. The van der Waals surface area contributed by atoms with Crippen LogP contribution in [-0.4, -0.2) is 38.5 Å². The first-order valence-corrected chi connectivity index (χ1v) is 10.4. The third-order valence-corrected chi connectivity index (χ3v) is 5.65. The molecule has 33 heavy (non-hydrogen) atoms. The highest BCUT2D eigenvalue weighted by atomic mass is 32.1. The van der Waals surface area contributed by atoms with Gasteiger partial charge >= 0.3 is 0 Å². The number of rotatable bonds is 4. The minimum absolute atomic E-state index is 0.0595. The van der Waals surface area contributed by atoms with Gasteiger partial charge in [0.15, 0.2) is 0 Å². The van der Waals surface area contributed by atoms with Gasteiger partial charge in [0.05, 0.1) is 5.69 Å². The summed E-state index contributed by atoms with van der Waals surface area (Å²) in [5, 5.41) is 30.9. The zero-order valence-corrected chi connectivity index (χ0v) is 19.0. The van der Waals surface area contributed by atoms with Crippen molar-refractivity contribution in [3.05, 3.63) is 29.8 Å². The minimum Gasteiger partial charge on any atom is -0.507 e. The zero-order chi connectivity index (χ0) is 24.5. The summed E-state index contributed by atoms with van der Waals surface area (Å²) in [6.45, 7) is 5.06. The number of Topliss-reactive ketones (excluding diaryl/α,β-unsaturated/α-hetero) is 2. The van der Waals surface area contributed by atoms with Crippen LogP contribution in [0.5, 0.6) is 11.5 Å². The number of ketones is 2. The van der Waals surface area contributed by atoms with Gasteiger partial charge in [0, 0.05) is 29.2 Å². The van der Waals surface area contributed by atoms with Gasteiger partial charge < -0.3 is 15.5 Å². The second kappa shape index (κ2) is 9.02. The van der Waals surface area contributed by atoms with E-state index in [1.807, 2.05) is 0 Å². The van der Waals surface area contributed by atoms with Crippen molar-refractivity contribution in [2.75, 3.05) is 5.32 Å². The molecule has 0 bridgehead atoms. The molecule has 5 N–H and O–H groups in total. The molecule has 0 aromatic heterocycles. The van der Waals surface area contributed by atoms with E-state index in [2.05, 4.69) is 21.0 Å². The summed E-state index contributed by atoms with van der Waals surface area (Å²) in [6, 6.07) is 6.54. The monoisotopic (exact) mass is 469 g/mol. The van der Waals surface area contributed by atoms with E-state index >= 15 is 0 Å². The Hall–Kier alpha value is -3.73. The second-order valence-electron chi connectivity index (χ2n) is 8.61. The van der Waals surface area contributed by atoms with Gasteiger partial charge in [-0.25, -0.2) is 5.53 Å². The lowest BCUT2D eigenvalue weighted by Gasteiger charge is -2.32. The Labute approximate surface area is 194 Å². The molecule has 1 fully saturated rings. The number of aromatic hydroxyl groups is 2. The molecule has 11 heteroatoms. The summed E-state index contributed by atoms with van der Waals surface area (Å²) in [5.74, 6) is -3.80. The molecule has 1 aliphatic rings. The number of amides is 1. The summed E-state index contributed by atoms with van der Waals surface area (Å²) in [5.41, 5.74) is 8.22. The molecule has 1 saturated carbocycles. The number of anilines is 1. The van der Waals surface area contributed by atoms with Gasteiger partial charge in [0.25, 0.3) is 5.91 Å². The predicted octanol–water partition coefficient (Wildman–Crippen LogP) is 3.33. The Bertz CT molecular complexity index is 1220. The van der Waals surface area contributed by atoms with Gasteiger partial charge in [-0.1, -0.05) is 38.1 Å². The maximum Gasteiger partial charge on any atom is 0.273 e. The fraction of sp³-hybridized carbons (Fsp3) is 0.318. The lowest BCUT2D eigenvalue weighted by atomic mass is 9.70. The number of thiocarbonyl (C=S) groups is 1. The van der Waals surface area contributed by atoms with Crippen LogP contribution in [0.1, 0.15) is 32.3 Å². The smallest absolute Gasteiger partial charge is 0.273 e. The molecule has 172 valence electrons. The molecule has 0 aliphatic heterocycles. The molecular weight excluding hydrogens is 446 g/mol. The quantitative estimate of drug-likeness (QED) is 0.0871. The van der Waals surface area contributed by atoms with E-state index in [1.165, 1.54) is 6.92 Å². The lowest BCUT2D eigenvalue weighted by Crippen LogP contribution is -2.46. The first-order chi connectivity index (χ1) is 15.5. The van der Waals surface area contributed by atoms with Crippen LogP contribution in [0, 0.1) is 23.8 Å². The topological polar surface area (TPSA) is 164 Å². The average Bonchev–Trinajstić information content (AvgIpc) is 2.75. The molecule has 0 heterocycles. The van der Waals surface area contributed by atoms with Gasteiger partial charge in [-0.15, -0.1) is 5.11 Å². The van der Waals surface area contributed by atoms with E-state index < -0.39 is 34.5 Å². The Balaban J connectivity index is 2.05. The number of phenolic OH excluding ortho intramolecular Hbond substituents is 2. The highest BCUT2D eigenvalue weighted by molar-refractivity contribution is 7.80. The van der Waals surface area contributed by atoms with Crippen LogP contribution >= 0.6 is 12.2 Å². The van der Waals surface area contributed by atoms with Crippen LogP contribution in [0.3, 0.4) is 0 Å². The fourth-order valence-corrected chi connectivity index (χ4v) is 3.98. The lowest BCUT2D eigenvalue weighted by molar-refractivity contribution is -0.137. The van der Waals surface area contributed by atoms with E-state index in [9.17, 15) is 24.6 Å². The summed E-state index contributed by atoms with van der Waals surface area (Å²) < 4.78 is 0. The first-order valence-electron chi connectivity index (χ1n) is 10.0. The Morgan fingerprint density at radius 3 is 2.21 bits per heavy atom. The summed E-state index contributed by atoms with van der Waals surface area (Å²) in [6.07, 6.45) is 0.119. The van der Waals surface area contributed by atoms with Crippen molar-refractivity contribution >= 4 is 57.0 Å². The molecular formula is C22H23N5O5S. The molecule has 1 amide bonds. The van der Waals surface area contributed by atoms with Gasteiger partial charge in [-0.2, -0.15) is 5.10 Å². The van der Waals surface area contributed by atoms with Gasteiger partial charge in [0.1, 0.15) is 34.7 Å². The standard InChI is InChI=1S/C22H23N5O5S/c1-10-16(19(31)12-7-5-4-6-11(12)18(10)30)24-20(32)17(26-27-21(33)25-23)15-13(28)8-22(2,3)9-14(15)29/h4-7,15,23,30-31H,8-9H2,1-3H3,(H,24,32)(H,27,33). The van der Waals surface area contributed by atoms with E-state index in [0.29, 0.717) is 10.8 Å². The normalized spacial score (nSPS) is 16.5. The number of fused-ring (bicyclic) bond motifs is 1. The third kappa shape index (κ3) is 4.72. The maximum atomic E-state index is 13.2. The molecule has 2 aromatic carbocycles. The number of hydrogen-bond donors (Lipinski definition) is 5. The highest BCUT2D eigenvalue weighted by Crippen LogP contribution is 2.42. The van der Waals surface area contributed by atoms with E-state index in [1.54, 1.807) is 38.1 Å². The first kappa shape index (κ1) is 23.9. The molecule has 10 nitrogen and oxygen atoms in total. The van der Waals surface area contributed by atoms with Gasteiger partial charge in [-0.3, -0.25) is 19.8 Å². The number of carbonyl (C=O) groups is 3. The minimum atomic E-state index is -1.45. The highest BCUT2D eigenvalue weighted by Gasteiger charge is 2.44. The van der Waals surface area contributed by atoms with Gasteiger partial charge in [0.2, 0.25) is 5.11 Å². The van der Waals surface area contributed by atoms with Crippen molar-refractivity contribution in [2.45, 2.75) is 33.6 Å². The Kier molecular flexibility index (Phi) is 6.54. The Morgan fingerprint density at radius 2 is 1.67 bits per heavy atom. The van der Waals surface area contributed by atoms with Gasteiger partial charge in [-0.05, 0) is 24.6 Å². The van der Waals surface area contributed by atoms with E-state index in [0.717, 1.165) is 0 Å². The molecule has 0 saturated heterocycles. The SMILES string of the molecule is Cc1c(NC(=O)C(=NNC(=S)N=N)C2C(=O)CC(C)(C)CC2=O)c(O)c2ccccc2c1O. The number of nitrogens with one attached hydrogen (secondary N) is 3. The van der Waals surface area contributed by atoms with Crippen LogP contribution in [0.15, 0.2) is 34.5 Å². The van der Waals surface area contributed by atoms with Crippen LogP contribution in [-0.2, 0) is 14.4 Å². The van der Waals surface area contributed by atoms with Crippen LogP contribution in [0.25, 0.3) is 10.8 Å².